The zero-order chi connectivity index (χ0) is 18.9. The first-order valence-electron chi connectivity index (χ1n) is 8.46. The number of anilines is 1. The largest absolute Gasteiger partial charge is 0.488 e. The molecule has 0 amide bonds. The number of aromatic nitrogens is 3. The first-order valence-corrected chi connectivity index (χ1v) is 9.25. The summed E-state index contributed by atoms with van der Waals surface area (Å²) in [5, 5.41) is 30.9. The van der Waals surface area contributed by atoms with Crippen LogP contribution in [0.1, 0.15) is 26.3 Å². The Labute approximate surface area is 161 Å². The SMILES string of the molecule is CC(C)(C)Cn1nnc2c(Br)c(NCc3ccccc3B(O)O)ccc21. The first-order chi connectivity index (χ1) is 12.3. The second-order valence-electron chi connectivity index (χ2n) is 7.53. The molecule has 2 aromatic carbocycles. The summed E-state index contributed by atoms with van der Waals surface area (Å²) in [5.74, 6) is 0. The third-order valence-electron chi connectivity index (χ3n) is 4.05. The standard InChI is InChI=1S/C18H22BBrN4O2/c1-18(2,3)11-24-15-9-8-14(16(20)17(15)22-23-24)21-10-12-6-4-5-7-13(12)19(25)26/h4-9,21,25-26H,10-11H2,1-3H3. The zero-order valence-electron chi connectivity index (χ0n) is 15.1. The molecule has 0 atom stereocenters. The van der Waals surface area contributed by atoms with Crippen molar-refractivity contribution in [3.63, 3.8) is 0 Å². The highest BCUT2D eigenvalue weighted by molar-refractivity contribution is 9.10. The van der Waals surface area contributed by atoms with Crippen LogP contribution in [0.5, 0.6) is 0 Å². The molecule has 136 valence electrons. The molecule has 0 radical (unpaired) electrons. The van der Waals surface area contributed by atoms with Crippen LogP contribution in [0.15, 0.2) is 40.9 Å². The monoisotopic (exact) mass is 416 g/mol. The summed E-state index contributed by atoms with van der Waals surface area (Å²) in [7, 11) is -1.49. The summed E-state index contributed by atoms with van der Waals surface area (Å²) < 4.78 is 2.76. The van der Waals surface area contributed by atoms with Gasteiger partial charge >= 0.3 is 7.12 Å². The molecule has 0 saturated carbocycles. The maximum atomic E-state index is 9.49. The number of halogens is 1. The minimum Gasteiger partial charge on any atom is -0.423 e. The number of nitrogens with zero attached hydrogens (tertiary/aromatic N) is 3. The van der Waals surface area contributed by atoms with E-state index in [1.807, 2.05) is 28.9 Å². The minimum absolute atomic E-state index is 0.110. The lowest BCUT2D eigenvalue weighted by Gasteiger charge is -2.18. The molecule has 3 rings (SSSR count). The van der Waals surface area contributed by atoms with E-state index in [-0.39, 0.29) is 5.41 Å². The molecule has 1 heterocycles. The molecule has 0 bridgehead atoms. The van der Waals surface area contributed by atoms with Gasteiger partial charge in [-0.15, -0.1) is 5.10 Å². The summed E-state index contributed by atoms with van der Waals surface area (Å²) in [4.78, 5) is 0. The molecule has 3 aromatic rings. The Balaban J connectivity index is 1.85. The van der Waals surface area contributed by atoms with Crippen molar-refractivity contribution >= 4 is 45.2 Å². The van der Waals surface area contributed by atoms with Crippen molar-refractivity contribution < 1.29 is 10.0 Å². The molecule has 8 heteroatoms. The first kappa shape index (κ1) is 18.9. The van der Waals surface area contributed by atoms with E-state index in [4.69, 9.17) is 0 Å². The summed E-state index contributed by atoms with van der Waals surface area (Å²) in [5.41, 5.74) is 4.08. The van der Waals surface area contributed by atoms with Gasteiger partial charge < -0.3 is 15.4 Å². The fraction of sp³-hybridized carbons (Fsp3) is 0.333. The lowest BCUT2D eigenvalue weighted by Crippen LogP contribution is -2.33. The number of hydrogen-bond acceptors (Lipinski definition) is 5. The van der Waals surface area contributed by atoms with Crippen LogP contribution in [0.4, 0.5) is 5.69 Å². The maximum Gasteiger partial charge on any atom is 0.488 e. The van der Waals surface area contributed by atoms with Gasteiger partial charge in [-0.2, -0.15) is 0 Å². The zero-order valence-corrected chi connectivity index (χ0v) is 16.7. The van der Waals surface area contributed by atoms with Gasteiger partial charge in [-0.05, 0) is 44.5 Å². The van der Waals surface area contributed by atoms with Crippen LogP contribution in [0.2, 0.25) is 0 Å². The van der Waals surface area contributed by atoms with Crippen LogP contribution in [-0.4, -0.2) is 32.2 Å². The van der Waals surface area contributed by atoms with Crippen molar-refractivity contribution in [1.82, 2.24) is 15.0 Å². The lowest BCUT2D eigenvalue weighted by atomic mass is 9.77. The Morgan fingerprint density at radius 3 is 2.58 bits per heavy atom. The molecule has 0 saturated heterocycles. The number of benzene rings is 2. The summed E-state index contributed by atoms with van der Waals surface area (Å²) in [6, 6.07) is 11.2. The smallest absolute Gasteiger partial charge is 0.423 e. The molecule has 1 aromatic heterocycles. The van der Waals surface area contributed by atoms with Crippen LogP contribution < -0.4 is 10.8 Å². The van der Waals surface area contributed by atoms with E-state index in [1.54, 1.807) is 12.1 Å². The van der Waals surface area contributed by atoms with Gasteiger partial charge in [-0.25, -0.2) is 4.68 Å². The predicted octanol–water partition coefficient (Wildman–Crippen LogP) is 2.53. The van der Waals surface area contributed by atoms with Crippen LogP contribution in [-0.2, 0) is 13.1 Å². The van der Waals surface area contributed by atoms with E-state index in [0.717, 1.165) is 33.3 Å². The highest BCUT2D eigenvalue weighted by Gasteiger charge is 2.18. The van der Waals surface area contributed by atoms with Gasteiger partial charge in [0.15, 0.2) is 0 Å². The second-order valence-corrected chi connectivity index (χ2v) is 8.32. The predicted molar refractivity (Wildman–Crippen MR) is 108 cm³/mol. The summed E-state index contributed by atoms with van der Waals surface area (Å²) in [6.45, 7) is 7.74. The Morgan fingerprint density at radius 1 is 1.15 bits per heavy atom. The average Bonchev–Trinajstić information content (AvgIpc) is 2.96. The molecule has 0 aliphatic carbocycles. The van der Waals surface area contributed by atoms with Gasteiger partial charge in [0.25, 0.3) is 0 Å². The number of hydrogen-bond donors (Lipinski definition) is 3. The van der Waals surface area contributed by atoms with Crippen molar-refractivity contribution in [2.24, 2.45) is 5.41 Å². The van der Waals surface area contributed by atoms with Gasteiger partial charge in [0.1, 0.15) is 5.52 Å². The molecule has 0 aliphatic rings. The van der Waals surface area contributed by atoms with Gasteiger partial charge in [0, 0.05) is 13.1 Å². The average molecular weight is 417 g/mol. The molecule has 0 spiro atoms. The van der Waals surface area contributed by atoms with E-state index in [2.05, 4.69) is 52.3 Å². The Kier molecular flexibility index (Phi) is 5.36. The van der Waals surface area contributed by atoms with Crippen LogP contribution >= 0.6 is 15.9 Å². The topological polar surface area (TPSA) is 83.2 Å². The van der Waals surface area contributed by atoms with Gasteiger partial charge in [-0.1, -0.05) is 50.3 Å². The molecule has 0 aliphatic heterocycles. The van der Waals surface area contributed by atoms with E-state index >= 15 is 0 Å². The van der Waals surface area contributed by atoms with Gasteiger partial charge in [-0.3, -0.25) is 0 Å². The lowest BCUT2D eigenvalue weighted by molar-refractivity contribution is 0.327. The molecule has 0 fully saturated rings. The highest BCUT2D eigenvalue weighted by atomic mass is 79.9. The van der Waals surface area contributed by atoms with Crippen molar-refractivity contribution in [3.8, 4) is 0 Å². The molecule has 26 heavy (non-hydrogen) atoms. The quantitative estimate of drug-likeness (QED) is 0.556. The van der Waals surface area contributed by atoms with E-state index < -0.39 is 7.12 Å². The van der Waals surface area contributed by atoms with Crippen LogP contribution in [0.3, 0.4) is 0 Å². The third kappa shape index (κ3) is 4.08. The van der Waals surface area contributed by atoms with Crippen molar-refractivity contribution in [1.29, 1.82) is 0 Å². The summed E-state index contributed by atoms with van der Waals surface area (Å²) in [6.07, 6.45) is 0. The number of fused-ring (bicyclic) bond motifs is 1. The van der Waals surface area contributed by atoms with Crippen LogP contribution in [0, 0.1) is 5.41 Å². The van der Waals surface area contributed by atoms with Gasteiger partial charge in [0.2, 0.25) is 0 Å². The minimum atomic E-state index is -1.49. The van der Waals surface area contributed by atoms with Crippen molar-refractivity contribution in [3.05, 3.63) is 46.4 Å². The Hall–Kier alpha value is -1.90. The Morgan fingerprint density at radius 2 is 1.88 bits per heavy atom. The van der Waals surface area contributed by atoms with Crippen molar-refractivity contribution in [2.75, 3.05) is 5.32 Å². The molecule has 6 nitrogen and oxygen atoms in total. The van der Waals surface area contributed by atoms with E-state index in [9.17, 15) is 10.0 Å². The fourth-order valence-electron chi connectivity index (χ4n) is 2.84. The van der Waals surface area contributed by atoms with Gasteiger partial charge in [0.05, 0.1) is 15.7 Å². The van der Waals surface area contributed by atoms with E-state index in [1.165, 1.54) is 0 Å². The molecular weight excluding hydrogens is 395 g/mol. The number of nitrogens with one attached hydrogen (secondary N) is 1. The summed E-state index contributed by atoms with van der Waals surface area (Å²) >= 11 is 3.62. The second kappa shape index (κ2) is 7.38. The molecule has 3 N–H and O–H groups in total. The van der Waals surface area contributed by atoms with Crippen molar-refractivity contribution in [2.45, 2.75) is 33.9 Å². The highest BCUT2D eigenvalue weighted by Crippen LogP contribution is 2.31. The molecular formula is C18H22BBrN4O2. The van der Waals surface area contributed by atoms with Crippen LogP contribution in [0.25, 0.3) is 11.0 Å². The normalized spacial score (nSPS) is 11.8. The third-order valence-corrected chi connectivity index (χ3v) is 4.86. The molecule has 0 unspecified atom stereocenters. The van der Waals surface area contributed by atoms with E-state index in [0.29, 0.717) is 12.0 Å². The Bertz CT molecular complexity index is 921. The maximum absolute atomic E-state index is 9.49. The number of rotatable bonds is 5. The fourth-order valence-corrected chi connectivity index (χ4v) is 3.40.